The summed E-state index contributed by atoms with van der Waals surface area (Å²) in [5.41, 5.74) is 1.21. The van der Waals surface area contributed by atoms with Crippen molar-refractivity contribution in [1.29, 1.82) is 0 Å². The first-order chi connectivity index (χ1) is 12.7. The van der Waals surface area contributed by atoms with Gasteiger partial charge in [0, 0.05) is 23.5 Å². The topological polar surface area (TPSA) is 62.1 Å². The van der Waals surface area contributed by atoms with Crippen molar-refractivity contribution in [2.45, 2.75) is 45.1 Å². The van der Waals surface area contributed by atoms with E-state index in [9.17, 15) is 4.79 Å². The molecule has 1 fully saturated rings. The van der Waals surface area contributed by atoms with E-state index in [0.29, 0.717) is 17.5 Å². The average Bonchev–Trinajstić information content (AvgIpc) is 3.41. The Labute approximate surface area is 157 Å². The van der Waals surface area contributed by atoms with Crippen molar-refractivity contribution >= 4 is 17.2 Å². The van der Waals surface area contributed by atoms with E-state index in [-0.39, 0.29) is 5.91 Å². The van der Waals surface area contributed by atoms with Crippen LogP contribution in [0.3, 0.4) is 0 Å². The van der Waals surface area contributed by atoms with Gasteiger partial charge in [-0.1, -0.05) is 6.07 Å². The first-order valence-electron chi connectivity index (χ1n) is 9.16. The summed E-state index contributed by atoms with van der Waals surface area (Å²) in [7, 11) is 0. The number of hydrogen-bond donors (Lipinski definition) is 1. The molecule has 0 radical (unpaired) electrons. The van der Waals surface area contributed by atoms with Gasteiger partial charge in [0.2, 0.25) is 0 Å². The molecule has 26 heavy (non-hydrogen) atoms. The number of aromatic amines is 1. The number of hydrogen-bond acceptors (Lipinski definition) is 4. The number of H-pyrrole nitrogens is 1. The Morgan fingerprint density at radius 3 is 3.08 bits per heavy atom. The Balaban J connectivity index is 1.47. The van der Waals surface area contributed by atoms with Gasteiger partial charge in [-0.3, -0.25) is 9.89 Å². The number of piperidine rings is 1. The molecule has 1 aliphatic rings. The SMILES string of the molecule is Cc1ccc(-c2cc(C(=O)N3CCCC[C@H]3CCc3cccs3)n[nH]2)o1. The minimum Gasteiger partial charge on any atom is -0.460 e. The smallest absolute Gasteiger partial charge is 0.274 e. The number of rotatable bonds is 5. The normalized spacial score (nSPS) is 17.6. The van der Waals surface area contributed by atoms with Gasteiger partial charge in [0.15, 0.2) is 11.5 Å². The number of furan rings is 1. The number of nitrogens with zero attached hydrogens (tertiary/aromatic N) is 2. The van der Waals surface area contributed by atoms with Gasteiger partial charge in [-0.2, -0.15) is 5.10 Å². The number of carbonyl (C=O) groups excluding carboxylic acids is 1. The second kappa shape index (κ2) is 7.50. The Kier molecular flexibility index (Phi) is 4.93. The summed E-state index contributed by atoms with van der Waals surface area (Å²) in [4.78, 5) is 16.4. The zero-order valence-electron chi connectivity index (χ0n) is 14.9. The van der Waals surface area contributed by atoms with Crippen LogP contribution in [0, 0.1) is 6.92 Å². The molecule has 0 saturated carbocycles. The lowest BCUT2D eigenvalue weighted by Crippen LogP contribution is -2.44. The van der Waals surface area contributed by atoms with Crippen LogP contribution < -0.4 is 0 Å². The molecule has 0 spiro atoms. The quantitative estimate of drug-likeness (QED) is 0.711. The van der Waals surface area contributed by atoms with Crippen LogP contribution in [0.2, 0.25) is 0 Å². The molecule has 3 aromatic heterocycles. The highest BCUT2D eigenvalue weighted by Crippen LogP contribution is 2.26. The van der Waals surface area contributed by atoms with Gasteiger partial charge >= 0.3 is 0 Å². The van der Waals surface area contributed by atoms with Crippen LogP contribution in [0.25, 0.3) is 11.5 Å². The van der Waals surface area contributed by atoms with E-state index in [1.165, 1.54) is 11.3 Å². The van der Waals surface area contributed by atoms with Crippen molar-refractivity contribution in [2.75, 3.05) is 6.54 Å². The maximum atomic E-state index is 13.0. The second-order valence-corrected chi connectivity index (χ2v) is 7.88. The first kappa shape index (κ1) is 17.1. The van der Waals surface area contributed by atoms with Gasteiger partial charge < -0.3 is 9.32 Å². The van der Waals surface area contributed by atoms with Gasteiger partial charge in [-0.25, -0.2) is 0 Å². The third kappa shape index (κ3) is 3.60. The summed E-state index contributed by atoms with van der Waals surface area (Å²) in [5, 5.41) is 9.29. The van der Waals surface area contributed by atoms with Crippen LogP contribution in [0.5, 0.6) is 0 Å². The Hall–Kier alpha value is -2.34. The molecular formula is C20H23N3O2S. The number of carbonyl (C=O) groups is 1. The highest BCUT2D eigenvalue weighted by atomic mass is 32.1. The van der Waals surface area contributed by atoms with E-state index in [1.54, 1.807) is 17.4 Å². The highest BCUT2D eigenvalue weighted by molar-refractivity contribution is 7.09. The Bertz CT molecular complexity index is 865. The maximum absolute atomic E-state index is 13.0. The summed E-state index contributed by atoms with van der Waals surface area (Å²) < 4.78 is 5.61. The van der Waals surface area contributed by atoms with Crippen LogP contribution in [0.15, 0.2) is 40.1 Å². The molecule has 4 heterocycles. The van der Waals surface area contributed by atoms with Gasteiger partial charge in [-0.15, -0.1) is 11.3 Å². The molecule has 136 valence electrons. The van der Waals surface area contributed by atoms with Crippen molar-refractivity contribution in [3.63, 3.8) is 0 Å². The fraction of sp³-hybridized carbons (Fsp3) is 0.400. The summed E-state index contributed by atoms with van der Waals surface area (Å²) in [6.07, 6.45) is 5.38. The molecule has 0 bridgehead atoms. The van der Waals surface area contributed by atoms with Crippen LogP contribution in [-0.2, 0) is 6.42 Å². The van der Waals surface area contributed by atoms with E-state index >= 15 is 0 Å². The Morgan fingerprint density at radius 1 is 1.38 bits per heavy atom. The van der Waals surface area contributed by atoms with Crippen LogP contribution >= 0.6 is 11.3 Å². The average molecular weight is 369 g/mol. The standard InChI is InChI=1S/C20H23N3O2S/c1-14-7-10-19(25-14)17-13-18(22-21-17)20(24)23-11-3-2-5-15(23)8-9-16-6-4-12-26-16/h4,6-7,10,12-13,15H,2-3,5,8-9,11H2,1H3,(H,21,22)/t15-/m0/s1. The lowest BCUT2D eigenvalue weighted by Gasteiger charge is -2.35. The zero-order chi connectivity index (χ0) is 17.9. The summed E-state index contributed by atoms with van der Waals surface area (Å²) in [6.45, 7) is 2.72. The summed E-state index contributed by atoms with van der Waals surface area (Å²) in [6, 6.07) is 10.1. The third-order valence-electron chi connectivity index (χ3n) is 4.99. The molecule has 0 aromatic carbocycles. The molecule has 0 unspecified atom stereocenters. The lowest BCUT2D eigenvalue weighted by atomic mass is 9.97. The first-order valence-corrected chi connectivity index (χ1v) is 10.0. The predicted octanol–water partition coefficient (Wildman–Crippen LogP) is 4.67. The van der Waals surface area contributed by atoms with Crippen molar-refractivity contribution in [3.05, 3.63) is 52.0 Å². The van der Waals surface area contributed by atoms with E-state index in [0.717, 1.165) is 43.7 Å². The van der Waals surface area contributed by atoms with E-state index in [4.69, 9.17) is 4.42 Å². The molecule has 1 atom stereocenters. The number of amides is 1. The monoisotopic (exact) mass is 369 g/mol. The van der Waals surface area contributed by atoms with Crippen LogP contribution in [0.4, 0.5) is 0 Å². The molecule has 6 heteroatoms. The van der Waals surface area contributed by atoms with Gasteiger partial charge in [-0.05, 0) is 62.6 Å². The summed E-state index contributed by atoms with van der Waals surface area (Å²) in [5.74, 6) is 1.57. The molecule has 1 amide bonds. The van der Waals surface area contributed by atoms with Crippen LogP contribution in [-0.4, -0.2) is 33.6 Å². The van der Waals surface area contributed by atoms with E-state index in [1.807, 2.05) is 24.0 Å². The minimum absolute atomic E-state index is 0.0201. The second-order valence-electron chi connectivity index (χ2n) is 6.84. The zero-order valence-corrected chi connectivity index (χ0v) is 15.7. The van der Waals surface area contributed by atoms with Crippen molar-refractivity contribution in [3.8, 4) is 11.5 Å². The fourth-order valence-electron chi connectivity index (χ4n) is 3.62. The van der Waals surface area contributed by atoms with E-state index in [2.05, 4.69) is 27.7 Å². The summed E-state index contributed by atoms with van der Waals surface area (Å²) >= 11 is 1.79. The van der Waals surface area contributed by atoms with Gasteiger partial charge in [0.05, 0.1) is 0 Å². The lowest BCUT2D eigenvalue weighted by molar-refractivity contribution is 0.0596. The maximum Gasteiger partial charge on any atom is 0.274 e. The molecule has 1 N–H and O–H groups in total. The molecule has 5 nitrogen and oxygen atoms in total. The van der Waals surface area contributed by atoms with Crippen molar-refractivity contribution in [1.82, 2.24) is 15.1 Å². The third-order valence-corrected chi connectivity index (χ3v) is 5.93. The molecule has 0 aliphatic carbocycles. The van der Waals surface area contributed by atoms with Crippen molar-refractivity contribution < 1.29 is 9.21 Å². The molecule has 1 aliphatic heterocycles. The molecule has 3 aromatic rings. The number of likely N-dealkylation sites (tertiary alicyclic amines) is 1. The fourth-order valence-corrected chi connectivity index (χ4v) is 4.34. The molecular weight excluding hydrogens is 346 g/mol. The van der Waals surface area contributed by atoms with Crippen LogP contribution in [0.1, 0.15) is 46.8 Å². The predicted molar refractivity (Wildman–Crippen MR) is 102 cm³/mol. The number of thiophene rings is 1. The van der Waals surface area contributed by atoms with Crippen molar-refractivity contribution in [2.24, 2.45) is 0 Å². The Morgan fingerprint density at radius 2 is 2.31 bits per heavy atom. The van der Waals surface area contributed by atoms with Gasteiger partial charge in [0.25, 0.3) is 5.91 Å². The van der Waals surface area contributed by atoms with E-state index < -0.39 is 0 Å². The molecule has 4 rings (SSSR count). The number of aryl methyl sites for hydroxylation is 2. The van der Waals surface area contributed by atoms with Gasteiger partial charge in [0.1, 0.15) is 11.5 Å². The number of aromatic nitrogens is 2. The molecule has 1 saturated heterocycles. The highest BCUT2D eigenvalue weighted by Gasteiger charge is 2.29. The number of nitrogens with one attached hydrogen (secondary N) is 1. The minimum atomic E-state index is 0.0201. The largest absolute Gasteiger partial charge is 0.460 e.